The zero-order valence-corrected chi connectivity index (χ0v) is 10.1. The van der Waals surface area contributed by atoms with Gasteiger partial charge in [-0.1, -0.05) is 32.4 Å². The van der Waals surface area contributed by atoms with E-state index in [1.54, 1.807) is 0 Å². The third-order valence-corrected chi connectivity index (χ3v) is 3.57. The van der Waals surface area contributed by atoms with Gasteiger partial charge in [-0.25, -0.2) is 0 Å². The fraction of sp³-hybridized carbons (Fsp3) is 0.846. The molecule has 2 heteroatoms. The van der Waals surface area contributed by atoms with Gasteiger partial charge in [0, 0.05) is 6.04 Å². The van der Waals surface area contributed by atoms with Crippen molar-refractivity contribution < 1.29 is 5.11 Å². The molecule has 0 heterocycles. The van der Waals surface area contributed by atoms with E-state index in [1.165, 1.54) is 19.3 Å². The van der Waals surface area contributed by atoms with Gasteiger partial charge in [0.05, 0.1) is 6.61 Å². The maximum atomic E-state index is 9.28. The van der Waals surface area contributed by atoms with E-state index in [9.17, 15) is 5.11 Å². The van der Waals surface area contributed by atoms with E-state index in [0.29, 0.717) is 5.92 Å². The highest BCUT2D eigenvalue weighted by Crippen LogP contribution is 2.17. The summed E-state index contributed by atoms with van der Waals surface area (Å²) in [5, 5.41) is 12.8. The molecule has 0 radical (unpaired) electrons. The van der Waals surface area contributed by atoms with Crippen LogP contribution in [0.5, 0.6) is 0 Å². The SMILES string of the molecule is CC[C@H](C)[C@@H](CO)NC[C@H]1CC=CCC1. The molecule has 0 saturated carbocycles. The van der Waals surface area contributed by atoms with Crippen molar-refractivity contribution in [1.82, 2.24) is 5.32 Å². The number of rotatable bonds is 6. The Hall–Kier alpha value is -0.340. The maximum Gasteiger partial charge on any atom is 0.0587 e. The van der Waals surface area contributed by atoms with Crippen LogP contribution in [0.25, 0.3) is 0 Å². The topological polar surface area (TPSA) is 32.3 Å². The standard InChI is InChI=1S/C13H25NO/c1-3-11(2)13(10-15)14-9-12-7-5-4-6-8-12/h4-5,11-15H,3,6-10H2,1-2H3/t11-,12-,13+/m0/s1. The average Bonchev–Trinajstić information content (AvgIpc) is 2.31. The Balaban J connectivity index is 2.24. The van der Waals surface area contributed by atoms with Gasteiger partial charge in [-0.3, -0.25) is 0 Å². The molecule has 0 aromatic carbocycles. The van der Waals surface area contributed by atoms with Crippen molar-refractivity contribution >= 4 is 0 Å². The fourth-order valence-electron chi connectivity index (χ4n) is 2.09. The normalized spacial score (nSPS) is 25.1. The second-order valence-corrected chi connectivity index (χ2v) is 4.73. The number of allylic oxidation sites excluding steroid dienone is 2. The average molecular weight is 211 g/mol. The van der Waals surface area contributed by atoms with Gasteiger partial charge in [-0.2, -0.15) is 0 Å². The highest BCUT2D eigenvalue weighted by molar-refractivity contribution is 4.91. The number of hydrogen-bond donors (Lipinski definition) is 2. The van der Waals surface area contributed by atoms with E-state index >= 15 is 0 Å². The molecule has 0 fully saturated rings. The number of aliphatic hydroxyl groups is 1. The van der Waals surface area contributed by atoms with Gasteiger partial charge in [0.1, 0.15) is 0 Å². The molecule has 0 aliphatic heterocycles. The smallest absolute Gasteiger partial charge is 0.0587 e. The summed E-state index contributed by atoms with van der Waals surface area (Å²) in [4.78, 5) is 0. The minimum atomic E-state index is 0.261. The van der Waals surface area contributed by atoms with Crippen LogP contribution < -0.4 is 5.32 Å². The third-order valence-electron chi connectivity index (χ3n) is 3.57. The van der Waals surface area contributed by atoms with E-state index in [1.807, 2.05) is 0 Å². The van der Waals surface area contributed by atoms with Gasteiger partial charge in [0.15, 0.2) is 0 Å². The molecule has 2 N–H and O–H groups in total. The number of hydrogen-bond acceptors (Lipinski definition) is 2. The predicted molar refractivity (Wildman–Crippen MR) is 64.8 cm³/mol. The molecule has 0 unspecified atom stereocenters. The van der Waals surface area contributed by atoms with Crippen LogP contribution in [0, 0.1) is 11.8 Å². The first-order valence-electron chi connectivity index (χ1n) is 6.27. The van der Waals surface area contributed by atoms with Crippen molar-refractivity contribution in [1.29, 1.82) is 0 Å². The molecule has 0 amide bonds. The molecule has 1 aliphatic carbocycles. The molecule has 0 bridgehead atoms. The summed E-state index contributed by atoms with van der Waals surface area (Å²) in [5.41, 5.74) is 0. The zero-order chi connectivity index (χ0) is 11.1. The van der Waals surface area contributed by atoms with Crippen molar-refractivity contribution in [2.24, 2.45) is 11.8 Å². The summed E-state index contributed by atoms with van der Waals surface area (Å²) in [7, 11) is 0. The van der Waals surface area contributed by atoms with Crippen molar-refractivity contribution in [3.63, 3.8) is 0 Å². The lowest BCUT2D eigenvalue weighted by Gasteiger charge is -2.26. The summed E-state index contributed by atoms with van der Waals surface area (Å²) in [6.45, 7) is 5.70. The largest absolute Gasteiger partial charge is 0.395 e. The second-order valence-electron chi connectivity index (χ2n) is 4.73. The Kier molecular flexibility index (Phi) is 5.96. The first-order valence-corrected chi connectivity index (χ1v) is 6.27. The summed E-state index contributed by atoms with van der Waals surface area (Å²) >= 11 is 0. The van der Waals surface area contributed by atoms with E-state index < -0.39 is 0 Å². The molecule has 3 atom stereocenters. The van der Waals surface area contributed by atoms with E-state index in [2.05, 4.69) is 31.3 Å². The maximum absolute atomic E-state index is 9.28. The highest BCUT2D eigenvalue weighted by atomic mass is 16.3. The highest BCUT2D eigenvalue weighted by Gasteiger charge is 2.16. The molecule has 2 nitrogen and oxygen atoms in total. The van der Waals surface area contributed by atoms with Crippen LogP contribution in [0.2, 0.25) is 0 Å². The van der Waals surface area contributed by atoms with Gasteiger partial charge >= 0.3 is 0 Å². The lowest BCUT2D eigenvalue weighted by atomic mass is 9.93. The van der Waals surface area contributed by atoms with Crippen LogP contribution in [0.4, 0.5) is 0 Å². The summed E-state index contributed by atoms with van der Waals surface area (Å²) in [6.07, 6.45) is 9.40. The van der Waals surface area contributed by atoms with Gasteiger partial charge in [0.25, 0.3) is 0 Å². The van der Waals surface area contributed by atoms with Crippen LogP contribution in [-0.2, 0) is 0 Å². The molecule has 1 aliphatic rings. The minimum Gasteiger partial charge on any atom is -0.395 e. The molecule has 0 aromatic rings. The zero-order valence-electron chi connectivity index (χ0n) is 10.1. The molecule has 0 spiro atoms. The molecular formula is C13H25NO. The molecule has 1 rings (SSSR count). The Labute approximate surface area is 93.8 Å². The van der Waals surface area contributed by atoms with Gasteiger partial charge < -0.3 is 10.4 Å². The first kappa shape index (κ1) is 12.7. The quantitative estimate of drug-likeness (QED) is 0.661. The van der Waals surface area contributed by atoms with Gasteiger partial charge in [-0.05, 0) is 37.6 Å². The van der Waals surface area contributed by atoms with Crippen LogP contribution >= 0.6 is 0 Å². The van der Waals surface area contributed by atoms with Crippen LogP contribution in [0.15, 0.2) is 12.2 Å². The monoisotopic (exact) mass is 211 g/mol. The Morgan fingerprint density at radius 2 is 2.27 bits per heavy atom. The van der Waals surface area contributed by atoms with E-state index in [4.69, 9.17) is 0 Å². The minimum absolute atomic E-state index is 0.261. The van der Waals surface area contributed by atoms with Crippen molar-refractivity contribution in [2.75, 3.05) is 13.2 Å². The second kappa shape index (κ2) is 7.02. The fourth-order valence-corrected chi connectivity index (χ4v) is 2.09. The van der Waals surface area contributed by atoms with Crippen LogP contribution in [0.1, 0.15) is 39.5 Å². The molecule has 0 saturated heterocycles. The Bertz CT molecular complexity index is 191. The van der Waals surface area contributed by atoms with Crippen molar-refractivity contribution in [3.8, 4) is 0 Å². The van der Waals surface area contributed by atoms with Gasteiger partial charge in [0.2, 0.25) is 0 Å². The van der Waals surface area contributed by atoms with Crippen molar-refractivity contribution in [3.05, 3.63) is 12.2 Å². The van der Waals surface area contributed by atoms with Crippen LogP contribution in [0.3, 0.4) is 0 Å². The van der Waals surface area contributed by atoms with Gasteiger partial charge in [-0.15, -0.1) is 0 Å². The summed E-state index contributed by atoms with van der Waals surface area (Å²) in [5.74, 6) is 1.34. The number of nitrogens with one attached hydrogen (secondary N) is 1. The third kappa shape index (κ3) is 4.35. The molecule has 0 aromatic heterocycles. The molecular weight excluding hydrogens is 186 g/mol. The lowest BCUT2D eigenvalue weighted by molar-refractivity contribution is 0.195. The van der Waals surface area contributed by atoms with Crippen LogP contribution in [-0.4, -0.2) is 24.3 Å². The summed E-state index contributed by atoms with van der Waals surface area (Å²) < 4.78 is 0. The molecule has 88 valence electrons. The van der Waals surface area contributed by atoms with E-state index in [0.717, 1.165) is 18.9 Å². The molecule has 15 heavy (non-hydrogen) atoms. The first-order chi connectivity index (χ1) is 7.27. The lowest BCUT2D eigenvalue weighted by Crippen LogP contribution is -2.40. The Morgan fingerprint density at radius 1 is 1.47 bits per heavy atom. The Morgan fingerprint density at radius 3 is 2.80 bits per heavy atom. The number of aliphatic hydroxyl groups excluding tert-OH is 1. The summed E-state index contributed by atoms with van der Waals surface area (Å²) in [6, 6.07) is 0.279. The predicted octanol–water partition coefficient (Wildman–Crippen LogP) is 2.34. The van der Waals surface area contributed by atoms with E-state index in [-0.39, 0.29) is 12.6 Å². The van der Waals surface area contributed by atoms with Crippen molar-refractivity contribution in [2.45, 2.75) is 45.6 Å².